The lowest BCUT2D eigenvalue weighted by Crippen LogP contribution is -2.43. The number of nitrogens with one attached hydrogen (secondary N) is 1. The first-order chi connectivity index (χ1) is 7.04. The number of amidine groups is 1. The Morgan fingerprint density at radius 3 is 2.87 bits per heavy atom. The van der Waals surface area contributed by atoms with Crippen molar-refractivity contribution in [2.45, 2.75) is 12.6 Å². The zero-order valence-corrected chi connectivity index (χ0v) is 8.19. The first-order valence-corrected chi connectivity index (χ1v) is 4.49. The van der Waals surface area contributed by atoms with Crippen LogP contribution in [0.25, 0.3) is 0 Å². The molecule has 1 aliphatic heterocycles. The van der Waals surface area contributed by atoms with Crippen molar-refractivity contribution >= 4 is 17.4 Å². The minimum absolute atomic E-state index is 0.378. The number of primary amides is 1. The van der Waals surface area contributed by atoms with Gasteiger partial charge in [-0.15, -0.1) is 0 Å². The van der Waals surface area contributed by atoms with Gasteiger partial charge in [-0.3, -0.25) is 4.79 Å². The van der Waals surface area contributed by atoms with E-state index in [9.17, 15) is 9.90 Å². The van der Waals surface area contributed by atoms with E-state index in [0.717, 1.165) is 0 Å². The summed E-state index contributed by atoms with van der Waals surface area (Å²) in [4.78, 5) is 15.1. The van der Waals surface area contributed by atoms with E-state index in [-0.39, 0.29) is 0 Å². The second-order valence-corrected chi connectivity index (χ2v) is 3.40. The molecule has 1 aromatic rings. The molecule has 0 saturated carbocycles. The average Bonchev–Trinajstić information content (AvgIpc) is 2.17. The molecule has 1 aromatic carbocycles. The number of aliphatic imine (C=N–C) groups is 1. The van der Waals surface area contributed by atoms with Crippen LogP contribution in [0.1, 0.15) is 12.5 Å². The van der Waals surface area contributed by atoms with Crippen LogP contribution >= 0.6 is 0 Å². The number of benzene rings is 1. The molecule has 15 heavy (non-hydrogen) atoms. The largest absolute Gasteiger partial charge is 0.365 e. The molecule has 4 N–H and O–H groups in total. The predicted octanol–water partition coefficient (Wildman–Crippen LogP) is 0.161. The lowest BCUT2D eigenvalue weighted by Gasteiger charge is -2.28. The minimum Gasteiger partial charge on any atom is -0.365 e. The molecule has 0 bridgehead atoms. The third-order valence-electron chi connectivity index (χ3n) is 2.29. The molecule has 0 aliphatic carbocycles. The monoisotopic (exact) mass is 205 g/mol. The Hall–Kier alpha value is -1.88. The van der Waals surface area contributed by atoms with E-state index in [1.807, 2.05) is 0 Å². The van der Waals surface area contributed by atoms with Gasteiger partial charge in [-0.1, -0.05) is 18.2 Å². The van der Waals surface area contributed by atoms with Crippen molar-refractivity contribution in [3.05, 3.63) is 29.8 Å². The lowest BCUT2D eigenvalue weighted by atomic mass is 9.99. The van der Waals surface area contributed by atoms with Gasteiger partial charge in [0.1, 0.15) is 5.84 Å². The number of rotatable bonds is 1. The summed E-state index contributed by atoms with van der Waals surface area (Å²) in [6, 6.07) is 6.88. The van der Waals surface area contributed by atoms with Gasteiger partial charge in [0.05, 0.1) is 0 Å². The fourth-order valence-corrected chi connectivity index (χ4v) is 1.61. The van der Waals surface area contributed by atoms with Crippen molar-refractivity contribution in [2.24, 2.45) is 10.7 Å². The van der Waals surface area contributed by atoms with Crippen molar-refractivity contribution in [1.82, 2.24) is 0 Å². The molecule has 1 atom stereocenters. The Balaban J connectivity index is 2.64. The normalized spacial score (nSPS) is 23.7. The van der Waals surface area contributed by atoms with Crippen LogP contribution in [-0.2, 0) is 10.5 Å². The zero-order chi connectivity index (χ0) is 11.1. The summed E-state index contributed by atoms with van der Waals surface area (Å²) in [6.07, 6.45) is 0. The molecule has 5 heteroatoms. The van der Waals surface area contributed by atoms with Crippen molar-refractivity contribution < 1.29 is 9.90 Å². The number of para-hydroxylation sites is 1. The summed E-state index contributed by atoms with van der Waals surface area (Å²) in [5.41, 5.74) is 4.22. The Morgan fingerprint density at radius 2 is 2.20 bits per heavy atom. The smallest absolute Gasteiger partial charge is 0.277 e. The number of amides is 1. The molecule has 1 heterocycles. The van der Waals surface area contributed by atoms with Crippen molar-refractivity contribution in [1.29, 1.82) is 0 Å². The van der Waals surface area contributed by atoms with E-state index < -0.39 is 11.6 Å². The van der Waals surface area contributed by atoms with Crippen LogP contribution in [0.2, 0.25) is 0 Å². The average molecular weight is 205 g/mol. The highest BCUT2D eigenvalue weighted by atomic mass is 16.3. The van der Waals surface area contributed by atoms with E-state index in [0.29, 0.717) is 17.1 Å². The summed E-state index contributed by atoms with van der Waals surface area (Å²) in [5.74, 6) is -0.425. The Morgan fingerprint density at radius 1 is 1.53 bits per heavy atom. The molecule has 1 unspecified atom stereocenters. The van der Waals surface area contributed by atoms with Gasteiger partial charge in [0, 0.05) is 11.3 Å². The standard InChI is InChI=1S/C10H11N3O2/c1-6-12-8-5-3-2-4-7(8)10(15,13-6)9(11)14/h2-5,15H,1H3,(H2,11,14)(H,12,13). The van der Waals surface area contributed by atoms with E-state index in [1.54, 1.807) is 31.2 Å². The number of hydrogen-bond donors (Lipinski definition) is 3. The molecule has 5 nitrogen and oxygen atoms in total. The van der Waals surface area contributed by atoms with Crippen LogP contribution < -0.4 is 11.1 Å². The van der Waals surface area contributed by atoms with Crippen molar-refractivity contribution in [3.8, 4) is 0 Å². The van der Waals surface area contributed by atoms with Crippen molar-refractivity contribution in [3.63, 3.8) is 0 Å². The number of fused-ring (bicyclic) bond motifs is 1. The predicted molar refractivity (Wildman–Crippen MR) is 56.3 cm³/mol. The molecule has 0 saturated heterocycles. The summed E-state index contributed by atoms with van der Waals surface area (Å²) in [7, 11) is 0. The Labute approximate surface area is 86.6 Å². The second kappa shape index (κ2) is 3.06. The van der Waals surface area contributed by atoms with Gasteiger partial charge in [0.25, 0.3) is 11.6 Å². The van der Waals surface area contributed by atoms with Gasteiger partial charge in [-0.25, -0.2) is 4.99 Å². The fourth-order valence-electron chi connectivity index (χ4n) is 1.61. The number of carbonyl (C=O) groups excluding carboxylic acids is 1. The van der Waals surface area contributed by atoms with Crippen LogP contribution in [0.4, 0.5) is 5.69 Å². The van der Waals surface area contributed by atoms with Gasteiger partial charge in [0.15, 0.2) is 0 Å². The second-order valence-electron chi connectivity index (χ2n) is 3.40. The van der Waals surface area contributed by atoms with Crippen LogP contribution in [0.3, 0.4) is 0 Å². The number of hydrogen-bond acceptors (Lipinski definition) is 4. The van der Waals surface area contributed by atoms with Crippen LogP contribution in [-0.4, -0.2) is 16.8 Å². The number of anilines is 1. The number of aliphatic hydroxyl groups is 1. The zero-order valence-electron chi connectivity index (χ0n) is 8.19. The SMILES string of the molecule is CC1=NC(O)(C(N)=O)c2ccccc2N1. The first kappa shape index (κ1) is 9.67. The summed E-state index contributed by atoms with van der Waals surface area (Å²) in [5, 5.41) is 13.0. The first-order valence-electron chi connectivity index (χ1n) is 4.49. The molecule has 1 amide bonds. The third-order valence-corrected chi connectivity index (χ3v) is 2.29. The van der Waals surface area contributed by atoms with E-state index in [2.05, 4.69) is 10.3 Å². The Kier molecular flexibility index (Phi) is 1.97. The molecule has 0 spiro atoms. The van der Waals surface area contributed by atoms with Crippen LogP contribution in [0, 0.1) is 0 Å². The summed E-state index contributed by atoms with van der Waals surface area (Å²) in [6.45, 7) is 1.66. The van der Waals surface area contributed by atoms with E-state index >= 15 is 0 Å². The molecule has 78 valence electrons. The maximum Gasteiger partial charge on any atom is 0.277 e. The summed E-state index contributed by atoms with van der Waals surface area (Å²) >= 11 is 0. The third kappa shape index (κ3) is 1.37. The maximum absolute atomic E-state index is 11.2. The van der Waals surface area contributed by atoms with Gasteiger partial charge in [-0.05, 0) is 13.0 Å². The topological polar surface area (TPSA) is 87.7 Å². The number of carbonyl (C=O) groups is 1. The molecule has 2 rings (SSSR count). The van der Waals surface area contributed by atoms with Gasteiger partial charge >= 0.3 is 0 Å². The van der Waals surface area contributed by atoms with Crippen LogP contribution in [0.5, 0.6) is 0 Å². The quantitative estimate of drug-likeness (QED) is 0.610. The number of nitrogens with zero attached hydrogens (tertiary/aromatic N) is 1. The molecule has 0 radical (unpaired) electrons. The fraction of sp³-hybridized carbons (Fsp3) is 0.200. The van der Waals surface area contributed by atoms with Crippen LogP contribution in [0.15, 0.2) is 29.3 Å². The highest BCUT2D eigenvalue weighted by Crippen LogP contribution is 2.32. The van der Waals surface area contributed by atoms with Gasteiger partial charge in [-0.2, -0.15) is 0 Å². The minimum atomic E-state index is -1.95. The molecule has 1 aliphatic rings. The van der Waals surface area contributed by atoms with Crippen molar-refractivity contribution in [2.75, 3.05) is 5.32 Å². The van der Waals surface area contributed by atoms with Gasteiger partial charge in [0.2, 0.25) is 0 Å². The van der Waals surface area contributed by atoms with E-state index in [4.69, 9.17) is 5.73 Å². The van der Waals surface area contributed by atoms with E-state index in [1.165, 1.54) is 0 Å². The molecule has 0 fully saturated rings. The molecule has 0 aromatic heterocycles. The highest BCUT2D eigenvalue weighted by molar-refractivity contribution is 6.01. The van der Waals surface area contributed by atoms with Gasteiger partial charge < -0.3 is 16.2 Å². The molecular weight excluding hydrogens is 194 g/mol. The Bertz CT molecular complexity index is 456. The summed E-state index contributed by atoms with van der Waals surface area (Å²) < 4.78 is 0. The number of nitrogens with two attached hydrogens (primary N) is 1. The maximum atomic E-state index is 11.2. The highest BCUT2D eigenvalue weighted by Gasteiger charge is 2.40. The molecular formula is C10H11N3O2. The lowest BCUT2D eigenvalue weighted by molar-refractivity contribution is -0.136.